The number of rotatable bonds is 15. The number of ether oxygens (including phenoxy) is 11. The van der Waals surface area contributed by atoms with Crippen LogP contribution in [0.15, 0.2) is 78.9 Å². The molecule has 0 aliphatic carbocycles. The molecule has 25 N–H and O–H groups in total. The maximum absolute atomic E-state index is 14.9. The number of aliphatic hydroxyl groups excluding tert-OH is 2. The second kappa shape index (κ2) is 29.7. The van der Waals surface area contributed by atoms with E-state index in [9.17, 15) is 166 Å². The Morgan fingerprint density at radius 3 is 1.11 bits per heavy atom. The van der Waals surface area contributed by atoms with Crippen LogP contribution >= 0.6 is 0 Å². The topological polar surface area (TPSA) is 744 Å². The third-order valence-corrected chi connectivity index (χ3v) is 16.8. The number of aromatic hydroxyl groups is 23. The Morgan fingerprint density at radius 1 is 0.348 bits per heavy atom. The molecule has 2 saturated heterocycles. The smallest absolute Gasteiger partial charge is 0.342 e. The molecule has 0 unspecified atom stereocenters. The van der Waals surface area contributed by atoms with E-state index >= 15 is 0 Å². The fourth-order valence-electron chi connectivity index (χ4n) is 11.2. The summed E-state index contributed by atoms with van der Waals surface area (Å²) in [5.74, 6) is -49.2. The largest absolute Gasteiger partial charge is 0.504 e. The lowest BCUT2D eigenvalue weighted by Gasteiger charge is -2.43. The fourth-order valence-corrected chi connectivity index (χ4v) is 11.2. The van der Waals surface area contributed by atoms with Gasteiger partial charge in [-0.05, 0) is 72.8 Å². The van der Waals surface area contributed by atoms with Gasteiger partial charge in [0.25, 0.3) is 0 Å². The summed E-state index contributed by atoms with van der Waals surface area (Å²) in [5, 5.41) is 266. The molecular formula is C68H52O44. The van der Waals surface area contributed by atoms with Gasteiger partial charge in [-0.1, -0.05) is 0 Å². The van der Waals surface area contributed by atoms with Gasteiger partial charge in [0.1, 0.15) is 30.5 Å². The molecular weight excluding hydrogens is 1520 g/mol. The van der Waals surface area contributed by atoms with Gasteiger partial charge in [-0.15, -0.1) is 0 Å². The number of aliphatic hydroxyl groups is 2. The van der Waals surface area contributed by atoms with Crippen molar-refractivity contribution in [2.75, 3.05) is 13.2 Å². The third-order valence-electron chi connectivity index (χ3n) is 16.8. The van der Waals surface area contributed by atoms with Gasteiger partial charge in [-0.25, -0.2) is 38.4 Å². The molecule has 0 bridgehead atoms. The van der Waals surface area contributed by atoms with Crippen LogP contribution in [0.4, 0.5) is 0 Å². The second-order valence-electron chi connectivity index (χ2n) is 23.9. The number of hydrogen-bond donors (Lipinski definition) is 25. The zero-order valence-electron chi connectivity index (χ0n) is 55.1. The predicted octanol–water partition coefficient (Wildman–Crippen LogP) is 1.79. The zero-order chi connectivity index (χ0) is 82.0. The lowest BCUT2D eigenvalue weighted by atomic mass is 9.92. The van der Waals surface area contributed by atoms with Crippen molar-refractivity contribution < 1.29 is 218 Å². The summed E-state index contributed by atoms with van der Waals surface area (Å²) in [6.45, 7) is -2.79. The molecule has 10 atom stereocenters. The van der Waals surface area contributed by atoms with Crippen LogP contribution in [0.5, 0.6) is 144 Å². The Kier molecular flexibility index (Phi) is 20.6. The van der Waals surface area contributed by atoms with Crippen molar-refractivity contribution in [1.82, 2.24) is 0 Å². The Balaban J connectivity index is 1.01. The molecule has 8 aromatic carbocycles. The summed E-state index contributed by atoms with van der Waals surface area (Å²) < 4.78 is 61.5. The summed E-state index contributed by atoms with van der Waals surface area (Å²) in [6.07, 6.45) is -26.2. The Morgan fingerprint density at radius 2 is 0.679 bits per heavy atom. The van der Waals surface area contributed by atoms with Gasteiger partial charge in [0.2, 0.25) is 53.5 Å². The number of phenolic OH excluding ortho intramolecular Hbond substituents is 23. The maximum atomic E-state index is 14.9. The number of phenols is 23. The molecule has 112 heavy (non-hydrogen) atoms. The monoisotopic (exact) mass is 1570 g/mol. The quantitative estimate of drug-likeness (QED) is 0.0395. The number of hydrogen-bond acceptors (Lipinski definition) is 44. The van der Waals surface area contributed by atoms with E-state index in [1.165, 1.54) is 0 Å². The second-order valence-corrected chi connectivity index (χ2v) is 23.9. The highest BCUT2D eigenvalue weighted by molar-refractivity contribution is 6.09. The summed E-state index contributed by atoms with van der Waals surface area (Å²) in [7, 11) is 0. The molecule has 3 aliphatic heterocycles. The fraction of sp³-hybridized carbons (Fsp3) is 0.176. The number of carbonyl (C=O) groups excluding carboxylic acids is 8. The van der Waals surface area contributed by atoms with E-state index in [0.29, 0.717) is 72.8 Å². The summed E-state index contributed by atoms with van der Waals surface area (Å²) in [6, 6.07) is 5.14. The van der Waals surface area contributed by atoms with Crippen molar-refractivity contribution >= 4 is 47.8 Å². The summed E-state index contributed by atoms with van der Waals surface area (Å²) in [5.41, 5.74) is -11.1. The zero-order valence-corrected chi connectivity index (χ0v) is 55.1. The first-order chi connectivity index (χ1) is 52.7. The van der Waals surface area contributed by atoms with E-state index in [2.05, 4.69) is 0 Å². The molecule has 2 fully saturated rings. The number of fused-ring (bicyclic) bond motifs is 4. The molecule has 44 nitrogen and oxygen atoms in total. The van der Waals surface area contributed by atoms with E-state index in [0.717, 1.165) is 0 Å². The molecule has 11 rings (SSSR count). The molecule has 8 aromatic rings. The van der Waals surface area contributed by atoms with Crippen molar-refractivity contribution in [3.8, 4) is 155 Å². The van der Waals surface area contributed by atoms with Crippen LogP contribution in [0, 0.1) is 0 Å². The lowest BCUT2D eigenvalue weighted by molar-refractivity contribution is -0.283. The maximum Gasteiger partial charge on any atom is 0.342 e. The summed E-state index contributed by atoms with van der Waals surface area (Å²) in [4.78, 5) is 115. The van der Waals surface area contributed by atoms with Crippen LogP contribution in [-0.2, 0) is 47.4 Å². The first-order valence-corrected chi connectivity index (χ1v) is 31.0. The van der Waals surface area contributed by atoms with Gasteiger partial charge in [0, 0.05) is 17.2 Å². The van der Waals surface area contributed by atoms with Crippen LogP contribution in [0.25, 0.3) is 11.1 Å². The standard InChI is InChI=1S/C68H52O44/c69-14-37-49(90)55(107-59(94)16-1-24(70)41(82)25(71)2-16)57(67(104-37)111-62(97)19-7-30(76)44(85)31(77)8-19)110-66(101)23-13-35(81)48(89)52(93)53(23)103-36-10-20(9-32(78)45(36)86)63(98)112-68-58(109-61(96)18-5-28(74)43(84)29(75)6-18)56(108-60(95)17-3-26(72)42(83)27(73)4-17)54-38(105-68)15-102-64(99)21-11-33(79)46(87)50(91)39(21)40-22(65(100)106-54)12-34(80)47(88)51(40)92/h1-13,37-38,49,54-58,67-93H,14-15H2/t37-,38-,49+,54-,55-,56-,57+,58-,67+,68+/m1/s1. The van der Waals surface area contributed by atoms with Gasteiger partial charge in [-0.3, -0.25) is 0 Å². The van der Waals surface area contributed by atoms with Gasteiger partial charge in [-0.2, -0.15) is 0 Å². The lowest BCUT2D eigenvalue weighted by Crippen LogP contribution is -2.63. The number of cyclic esters (lactones) is 1. The van der Waals surface area contributed by atoms with Crippen LogP contribution in [-0.4, -0.2) is 250 Å². The number of carbonyl (C=O) groups is 8. The molecule has 0 spiro atoms. The number of esters is 8. The molecule has 0 saturated carbocycles. The van der Waals surface area contributed by atoms with Crippen molar-refractivity contribution in [2.24, 2.45) is 0 Å². The van der Waals surface area contributed by atoms with Gasteiger partial charge < -0.3 is 180 Å². The average Bonchev–Trinajstić information content (AvgIpc) is 1.19. The highest BCUT2D eigenvalue weighted by Gasteiger charge is 2.57. The van der Waals surface area contributed by atoms with Gasteiger partial charge >= 0.3 is 47.8 Å². The summed E-state index contributed by atoms with van der Waals surface area (Å²) >= 11 is 0. The molecule has 0 amide bonds. The van der Waals surface area contributed by atoms with Crippen LogP contribution in [0.2, 0.25) is 0 Å². The SMILES string of the molecule is O=C(O[C@@H]1O[C@H](CO)[C@H](O)[C@@H](OC(=O)c2cc(O)c(O)c(O)c2)[C@@H]1OC(=O)c1cc(O)c(O)c(O)c1Oc1cc(C(=O)O[C@@H]2O[C@@H]3COC(=O)c4cc(O)c(O)c(O)c4-c4c(cc(O)c(O)c4O)C(=O)O[C@H]3[C@@H](OC(=O)c3cc(O)c(O)c(O)c3)[C@H]2OC(=O)c2cc(O)c(O)c(O)c2)cc(O)c1O)c1cc(O)c(O)c(O)c1. The van der Waals surface area contributed by atoms with Crippen molar-refractivity contribution in [2.45, 2.75) is 61.4 Å². The van der Waals surface area contributed by atoms with Crippen LogP contribution in [0.3, 0.4) is 0 Å². The first kappa shape index (κ1) is 77.7. The molecule has 588 valence electrons. The minimum atomic E-state index is -2.92. The van der Waals surface area contributed by atoms with Crippen molar-refractivity contribution in [3.05, 3.63) is 123 Å². The highest BCUT2D eigenvalue weighted by atomic mass is 16.8. The van der Waals surface area contributed by atoms with Crippen LogP contribution in [0.1, 0.15) is 82.9 Å². The highest BCUT2D eigenvalue weighted by Crippen LogP contribution is 2.55. The minimum absolute atomic E-state index is 0.195. The first-order valence-electron chi connectivity index (χ1n) is 31.0. The average molecular weight is 1570 g/mol. The molecule has 0 radical (unpaired) electrons. The molecule has 0 aromatic heterocycles. The molecule has 3 heterocycles. The van der Waals surface area contributed by atoms with Crippen LogP contribution < -0.4 is 4.74 Å². The van der Waals surface area contributed by atoms with E-state index in [1.54, 1.807) is 0 Å². The van der Waals surface area contributed by atoms with Crippen molar-refractivity contribution in [3.63, 3.8) is 0 Å². The van der Waals surface area contributed by atoms with E-state index in [4.69, 9.17) is 52.1 Å². The third kappa shape index (κ3) is 14.4. The van der Waals surface area contributed by atoms with E-state index in [1.807, 2.05) is 0 Å². The predicted molar refractivity (Wildman–Crippen MR) is 346 cm³/mol. The minimum Gasteiger partial charge on any atom is -0.504 e. The van der Waals surface area contributed by atoms with Gasteiger partial charge in [0.05, 0.1) is 45.6 Å². The molecule has 3 aliphatic rings. The normalized spacial score (nSPS) is 19.9. The van der Waals surface area contributed by atoms with Crippen molar-refractivity contribution in [1.29, 1.82) is 0 Å². The number of benzene rings is 8. The Bertz CT molecular complexity index is 5190. The molecule has 44 heteroatoms. The van der Waals surface area contributed by atoms with E-state index < -0.39 is 322 Å². The van der Waals surface area contributed by atoms with Gasteiger partial charge in [0.15, 0.2) is 133 Å². The Labute approximate surface area is 617 Å². The van der Waals surface area contributed by atoms with E-state index in [-0.39, 0.29) is 6.07 Å². The Hall–Kier alpha value is -15.4.